The molecule has 0 aliphatic heterocycles. The summed E-state index contributed by atoms with van der Waals surface area (Å²) < 4.78 is 2.61. The number of anilines is 3. The third-order valence-electron chi connectivity index (χ3n) is 10.7. The fourth-order valence-electron chi connectivity index (χ4n) is 7.80. The van der Waals surface area contributed by atoms with Gasteiger partial charge in [0.25, 0.3) is 0 Å². The van der Waals surface area contributed by atoms with Crippen LogP contribution in [0.4, 0.5) is 17.1 Å². The molecule has 9 aromatic carbocycles. The highest BCUT2D eigenvalue weighted by Crippen LogP contribution is 2.46. The highest BCUT2D eigenvalue weighted by molar-refractivity contribution is 7.26. The quantitative estimate of drug-likeness (QED) is 0.150. The maximum Gasteiger partial charge on any atom is 0.0475 e. The fraction of sp³-hybridized carbons (Fsp3) is 0. The second-order valence-corrected chi connectivity index (χ2v) is 15.2. The molecule has 0 unspecified atom stereocenters. The zero-order chi connectivity index (χ0) is 37.3. The first kappa shape index (κ1) is 33.6. The van der Waals surface area contributed by atoms with Crippen LogP contribution in [0.5, 0.6) is 0 Å². The minimum atomic E-state index is 1.11. The standard InChI is InChI=1S/C54H37NS/c1-4-12-38(13-5-1)40-20-22-42(23-21-40)43-24-26-44(27-25-43)45-32-34-48(35-33-45)55(47-16-8-3-9-17-47)49-36-51(54-52(37-49)50-18-10-11-19-53(50)56-54)46-30-28-41(29-31-46)39-14-6-2-7-15-39/h1-37H. The Kier molecular flexibility index (Phi) is 8.79. The Bertz CT molecular complexity index is 2900. The summed E-state index contributed by atoms with van der Waals surface area (Å²) in [7, 11) is 0. The molecule has 1 heterocycles. The van der Waals surface area contributed by atoms with E-state index in [1.807, 2.05) is 11.3 Å². The van der Waals surface area contributed by atoms with E-state index in [0.717, 1.165) is 17.1 Å². The van der Waals surface area contributed by atoms with Crippen LogP contribution in [0.25, 0.3) is 75.8 Å². The lowest BCUT2D eigenvalue weighted by atomic mass is 9.97. The van der Waals surface area contributed by atoms with E-state index in [4.69, 9.17) is 0 Å². The van der Waals surface area contributed by atoms with Crippen LogP contribution in [0.3, 0.4) is 0 Å². The minimum Gasteiger partial charge on any atom is -0.310 e. The van der Waals surface area contributed by atoms with Crippen molar-refractivity contribution in [1.29, 1.82) is 0 Å². The first-order chi connectivity index (χ1) is 27.7. The maximum atomic E-state index is 2.39. The molecule has 10 rings (SSSR count). The number of thiophene rings is 1. The van der Waals surface area contributed by atoms with Crippen molar-refractivity contribution < 1.29 is 0 Å². The lowest BCUT2D eigenvalue weighted by Gasteiger charge is -2.26. The molecule has 0 radical (unpaired) electrons. The van der Waals surface area contributed by atoms with Crippen molar-refractivity contribution >= 4 is 48.6 Å². The average molecular weight is 732 g/mol. The molecule has 0 spiro atoms. The van der Waals surface area contributed by atoms with E-state index in [1.54, 1.807) is 0 Å². The molecule has 0 fully saturated rings. The highest BCUT2D eigenvalue weighted by atomic mass is 32.1. The van der Waals surface area contributed by atoms with Crippen molar-refractivity contribution in [3.63, 3.8) is 0 Å². The molecule has 0 saturated heterocycles. The number of fused-ring (bicyclic) bond motifs is 3. The first-order valence-corrected chi connectivity index (χ1v) is 19.9. The van der Waals surface area contributed by atoms with Crippen LogP contribution in [-0.2, 0) is 0 Å². The molecule has 2 heteroatoms. The summed E-state index contributed by atoms with van der Waals surface area (Å²) in [5.41, 5.74) is 15.5. The maximum absolute atomic E-state index is 2.39. The summed E-state index contributed by atoms with van der Waals surface area (Å²) in [5.74, 6) is 0. The number of hydrogen-bond donors (Lipinski definition) is 0. The van der Waals surface area contributed by atoms with E-state index < -0.39 is 0 Å². The van der Waals surface area contributed by atoms with Crippen LogP contribution >= 0.6 is 11.3 Å². The molecule has 0 atom stereocenters. The van der Waals surface area contributed by atoms with Gasteiger partial charge in [0, 0.05) is 42.8 Å². The molecule has 1 aromatic heterocycles. The Morgan fingerprint density at radius 3 is 1.14 bits per heavy atom. The van der Waals surface area contributed by atoms with Gasteiger partial charge in [-0.25, -0.2) is 0 Å². The van der Waals surface area contributed by atoms with Gasteiger partial charge in [-0.1, -0.05) is 182 Å². The summed E-state index contributed by atoms with van der Waals surface area (Å²) in [6, 6.07) is 81.2. The summed E-state index contributed by atoms with van der Waals surface area (Å²) in [6.07, 6.45) is 0. The molecule has 0 amide bonds. The van der Waals surface area contributed by atoms with Crippen molar-refractivity contribution in [3.05, 3.63) is 224 Å². The Balaban J connectivity index is 1.01. The summed E-state index contributed by atoms with van der Waals surface area (Å²) in [4.78, 5) is 2.39. The van der Waals surface area contributed by atoms with Crippen molar-refractivity contribution in [3.8, 4) is 55.6 Å². The van der Waals surface area contributed by atoms with Gasteiger partial charge in [0.1, 0.15) is 0 Å². The molecule has 0 aliphatic rings. The summed E-state index contributed by atoms with van der Waals surface area (Å²) >= 11 is 1.88. The van der Waals surface area contributed by atoms with Crippen LogP contribution in [0.1, 0.15) is 0 Å². The number of rotatable bonds is 8. The number of benzene rings is 9. The SMILES string of the molecule is c1ccc(-c2ccc(-c3ccc(-c4ccc(N(c5ccccc5)c5cc(-c6ccc(-c7ccccc7)cc6)c6sc7ccccc7c6c5)cc4)cc3)cc2)cc1. The Morgan fingerprint density at radius 1 is 0.268 bits per heavy atom. The molecule has 56 heavy (non-hydrogen) atoms. The predicted molar refractivity (Wildman–Crippen MR) is 241 cm³/mol. The van der Waals surface area contributed by atoms with Crippen LogP contribution in [0.15, 0.2) is 224 Å². The zero-order valence-electron chi connectivity index (χ0n) is 30.7. The average Bonchev–Trinajstić information content (AvgIpc) is 3.66. The van der Waals surface area contributed by atoms with Gasteiger partial charge in [0.2, 0.25) is 0 Å². The topological polar surface area (TPSA) is 3.24 Å². The van der Waals surface area contributed by atoms with Crippen LogP contribution in [-0.4, -0.2) is 0 Å². The number of nitrogens with zero attached hydrogens (tertiary/aromatic N) is 1. The molecular weight excluding hydrogens is 695 g/mol. The highest BCUT2D eigenvalue weighted by Gasteiger charge is 2.19. The third-order valence-corrected chi connectivity index (χ3v) is 11.9. The summed E-state index contributed by atoms with van der Waals surface area (Å²) in [5, 5.41) is 2.56. The van der Waals surface area contributed by atoms with Crippen LogP contribution in [0, 0.1) is 0 Å². The second kappa shape index (κ2) is 14.7. The first-order valence-electron chi connectivity index (χ1n) is 19.1. The van der Waals surface area contributed by atoms with Gasteiger partial charge in [-0.2, -0.15) is 0 Å². The molecule has 0 aliphatic carbocycles. The van der Waals surface area contributed by atoms with Crippen molar-refractivity contribution in [2.24, 2.45) is 0 Å². The monoisotopic (exact) mass is 731 g/mol. The lowest BCUT2D eigenvalue weighted by molar-refractivity contribution is 1.29. The second-order valence-electron chi connectivity index (χ2n) is 14.2. The van der Waals surface area contributed by atoms with E-state index in [9.17, 15) is 0 Å². The van der Waals surface area contributed by atoms with E-state index in [-0.39, 0.29) is 0 Å². The zero-order valence-corrected chi connectivity index (χ0v) is 31.5. The van der Waals surface area contributed by atoms with Gasteiger partial charge in [-0.05, 0) is 92.5 Å². The van der Waals surface area contributed by atoms with Gasteiger partial charge in [0.05, 0.1) is 0 Å². The smallest absolute Gasteiger partial charge is 0.0475 e. The van der Waals surface area contributed by atoms with Crippen molar-refractivity contribution in [2.45, 2.75) is 0 Å². The molecule has 10 aromatic rings. The van der Waals surface area contributed by atoms with E-state index in [1.165, 1.54) is 75.8 Å². The van der Waals surface area contributed by atoms with Gasteiger partial charge >= 0.3 is 0 Å². The molecule has 1 nitrogen and oxygen atoms in total. The number of hydrogen-bond acceptors (Lipinski definition) is 2. The number of para-hydroxylation sites is 1. The molecular formula is C54H37NS. The molecule has 264 valence electrons. The van der Waals surface area contributed by atoms with Crippen molar-refractivity contribution in [1.82, 2.24) is 0 Å². The van der Waals surface area contributed by atoms with Crippen LogP contribution in [0.2, 0.25) is 0 Å². The van der Waals surface area contributed by atoms with E-state index in [0.29, 0.717) is 0 Å². The fourth-order valence-corrected chi connectivity index (χ4v) is 9.02. The van der Waals surface area contributed by atoms with Gasteiger partial charge < -0.3 is 4.90 Å². The van der Waals surface area contributed by atoms with E-state index >= 15 is 0 Å². The Hall–Kier alpha value is -7.00. The van der Waals surface area contributed by atoms with Gasteiger partial charge in [-0.3, -0.25) is 0 Å². The minimum absolute atomic E-state index is 1.11. The Labute approximate surface area is 332 Å². The molecule has 0 bridgehead atoms. The Morgan fingerprint density at radius 2 is 0.643 bits per heavy atom. The van der Waals surface area contributed by atoms with Crippen LogP contribution < -0.4 is 4.90 Å². The van der Waals surface area contributed by atoms with Gasteiger partial charge in [-0.15, -0.1) is 11.3 Å². The third kappa shape index (κ3) is 6.47. The lowest BCUT2D eigenvalue weighted by Crippen LogP contribution is -2.10. The normalized spacial score (nSPS) is 11.2. The van der Waals surface area contributed by atoms with Gasteiger partial charge in [0.15, 0.2) is 0 Å². The molecule has 0 N–H and O–H groups in total. The van der Waals surface area contributed by atoms with E-state index in [2.05, 4.69) is 229 Å². The van der Waals surface area contributed by atoms with Crippen molar-refractivity contribution in [2.75, 3.05) is 4.90 Å². The largest absolute Gasteiger partial charge is 0.310 e. The predicted octanol–water partition coefficient (Wildman–Crippen LogP) is 15.9. The molecule has 0 saturated carbocycles. The summed E-state index contributed by atoms with van der Waals surface area (Å²) in [6.45, 7) is 0.